The summed E-state index contributed by atoms with van der Waals surface area (Å²) in [6.45, 7) is 3.55. The smallest absolute Gasteiger partial charge is 0.338 e. The van der Waals surface area contributed by atoms with Gasteiger partial charge in [-0.05, 0) is 24.6 Å². The molecule has 0 amide bonds. The molecule has 0 aliphatic carbocycles. The van der Waals surface area contributed by atoms with Crippen molar-refractivity contribution < 1.29 is 14.6 Å². The molecular weight excluding hydrogens is 206 g/mol. The van der Waals surface area contributed by atoms with Crippen molar-refractivity contribution in [3.8, 4) is 0 Å². The van der Waals surface area contributed by atoms with E-state index in [4.69, 9.17) is 9.84 Å². The zero-order valence-corrected chi connectivity index (χ0v) is 9.40. The van der Waals surface area contributed by atoms with E-state index in [2.05, 4.69) is 5.32 Å². The molecule has 0 aliphatic heterocycles. The van der Waals surface area contributed by atoms with Crippen LogP contribution in [0.3, 0.4) is 0 Å². The summed E-state index contributed by atoms with van der Waals surface area (Å²) in [7, 11) is 0. The molecule has 88 valence electrons. The number of benzene rings is 1. The monoisotopic (exact) mass is 223 g/mol. The van der Waals surface area contributed by atoms with Gasteiger partial charge in [0, 0.05) is 13.1 Å². The van der Waals surface area contributed by atoms with Gasteiger partial charge in [0.05, 0.1) is 18.8 Å². The lowest BCUT2D eigenvalue weighted by atomic mass is 10.1. The Labute approximate surface area is 95.2 Å². The van der Waals surface area contributed by atoms with Crippen LogP contribution in [0.4, 0.5) is 0 Å². The lowest BCUT2D eigenvalue weighted by Gasteiger charge is -2.05. The number of aliphatic hydroxyl groups excluding tert-OH is 1. The number of hydrogen-bond donors (Lipinski definition) is 2. The second-order valence-corrected chi connectivity index (χ2v) is 3.32. The molecule has 0 radical (unpaired) electrons. The van der Waals surface area contributed by atoms with Crippen molar-refractivity contribution in [2.45, 2.75) is 13.5 Å². The molecule has 1 aromatic carbocycles. The Bertz CT molecular complexity index is 322. The summed E-state index contributed by atoms with van der Waals surface area (Å²) in [5.74, 6) is -0.294. The molecule has 1 aromatic rings. The highest BCUT2D eigenvalue weighted by atomic mass is 16.5. The molecule has 16 heavy (non-hydrogen) atoms. The van der Waals surface area contributed by atoms with Crippen molar-refractivity contribution >= 4 is 5.97 Å². The van der Waals surface area contributed by atoms with Gasteiger partial charge in [-0.15, -0.1) is 0 Å². The first-order chi connectivity index (χ1) is 7.77. The fourth-order valence-electron chi connectivity index (χ4n) is 1.28. The van der Waals surface area contributed by atoms with Gasteiger partial charge in [0.1, 0.15) is 0 Å². The summed E-state index contributed by atoms with van der Waals surface area (Å²) in [6, 6.07) is 7.23. The first-order valence-corrected chi connectivity index (χ1v) is 5.35. The van der Waals surface area contributed by atoms with Gasteiger partial charge in [-0.25, -0.2) is 4.79 Å². The normalized spacial score (nSPS) is 10.1. The largest absolute Gasteiger partial charge is 0.462 e. The molecule has 0 unspecified atom stereocenters. The maximum absolute atomic E-state index is 11.3. The van der Waals surface area contributed by atoms with Crippen LogP contribution in [0, 0.1) is 0 Å². The number of nitrogens with one attached hydrogen (secondary N) is 1. The van der Waals surface area contributed by atoms with Crippen LogP contribution in [0.1, 0.15) is 22.8 Å². The zero-order chi connectivity index (χ0) is 11.8. The van der Waals surface area contributed by atoms with Gasteiger partial charge >= 0.3 is 5.97 Å². The molecule has 0 aliphatic rings. The van der Waals surface area contributed by atoms with E-state index in [9.17, 15) is 4.79 Å². The Morgan fingerprint density at radius 3 is 2.62 bits per heavy atom. The van der Waals surface area contributed by atoms with Gasteiger partial charge in [0.2, 0.25) is 0 Å². The molecule has 2 N–H and O–H groups in total. The third kappa shape index (κ3) is 4.00. The van der Waals surface area contributed by atoms with Crippen LogP contribution in [0.2, 0.25) is 0 Å². The molecule has 4 heteroatoms. The van der Waals surface area contributed by atoms with Crippen molar-refractivity contribution in [2.24, 2.45) is 0 Å². The van der Waals surface area contributed by atoms with Gasteiger partial charge in [-0.3, -0.25) is 0 Å². The van der Waals surface area contributed by atoms with Crippen LogP contribution in [0.5, 0.6) is 0 Å². The molecule has 1 rings (SSSR count). The number of ether oxygens (including phenoxy) is 1. The van der Waals surface area contributed by atoms with Crippen LogP contribution in [0.15, 0.2) is 24.3 Å². The van der Waals surface area contributed by atoms with E-state index in [1.54, 1.807) is 19.1 Å². The van der Waals surface area contributed by atoms with E-state index >= 15 is 0 Å². The third-order valence-corrected chi connectivity index (χ3v) is 2.08. The van der Waals surface area contributed by atoms with Crippen molar-refractivity contribution in [3.05, 3.63) is 35.4 Å². The van der Waals surface area contributed by atoms with Crippen LogP contribution in [0.25, 0.3) is 0 Å². The standard InChI is InChI=1S/C12H17NO3/c1-2-16-12(15)11-5-3-10(4-6-11)9-13-7-8-14/h3-6,13-14H,2,7-9H2,1H3. The molecule has 0 saturated heterocycles. The van der Waals surface area contributed by atoms with Crippen molar-refractivity contribution in [3.63, 3.8) is 0 Å². The van der Waals surface area contributed by atoms with Crippen LogP contribution >= 0.6 is 0 Å². The first-order valence-electron chi connectivity index (χ1n) is 5.35. The second-order valence-electron chi connectivity index (χ2n) is 3.32. The topological polar surface area (TPSA) is 58.6 Å². The van der Waals surface area contributed by atoms with Crippen molar-refractivity contribution in [1.82, 2.24) is 5.32 Å². The Morgan fingerprint density at radius 2 is 2.06 bits per heavy atom. The number of aliphatic hydroxyl groups is 1. The van der Waals surface area contributed by atoms with E-state index in [1.165, 1.54) is 0 Å². The number of carbonyl (C=O) groups excluding carboxylic acids is 1. The minimum Gasteiger partial charge on any atom is -0.462 e. The lowest BCUT2D eigenvalue weighted by molar-refractivity contribution is 0.0526. The summed E-state index contributed by atoms with van der Waals surface area (Å²) in [5, 5.41) is 11.7. The molecule has 0 fully saturated rings. The maximum Gasteiger partial charge on any atom is 0.338 e. The second kappa shape index (κ2) is 6.98. The molecule has 0 aromatic heterocycles. The first kappa shape index (κ1) is 12.7. The number of carbonyl (C=O) groups is 1. The Hall–Kier alpha value is -1.39. The van der Waals surface area contributed by atoms with Crippen LogP contribution in [-0.4, -0.2) is 30.8 Å². The Morgan fingerprint density at radius 1 is 1.38 bits per heavy atom. The average Bonchev–Trinajstić information content (AvgIpc) is 2.30. The van der Waals surface area contributed by atoms with E-state index in [-0.39, 0.29) is 12.6 Å². The predicted molar refractivity (Wildman–Crippen MR) is 61.2 cm³/mol. The quantitative estimate of drug-likeness (QED) is 0.557. The van der Waals surface area contributed by atoms with Crippen molar-refractivity contribution in [2.75, 3.05) is 19.8 Å². The summed E-state index contributed by atoms with van der Waals surface area (Å²) < 4.78 is 4.88. The average molecular weight is 223 g/mol. The Kier molecular flexibility index (Phi) is 5.53. The molecule has 0 heterocycles. The summed E-state index contributed by atoms with van der Waals surface area (Å²) in [6.07, 6.45) is 0. The van der Waals surface area contributed by atoms with Crippen LogP contribution in [-0.2, 0) is 11.3 Å². The number of rotatable bonds is 6. The van der Waals surface area contributed by atoms with Gasteiger partial charge < -0.3 is 15.2 Å². The zero-order valence-electron chi connectivity index (χ0n) is 9.40. The maximum atomic E-state index is 11.3. The predicted octanol–water partition coefficient (Wildman–Crippen LogP) is 0.945. The lowest BCUT2D eigenvalue weighted by Crippen LogP contribution is -2.17. The minimum absolute atomic E-state index is 0.126. The minimum atomic E-state index is -0.294. The van der Waals surface area contributed by atoms with Gasteiger partial charge in [0.15, 0.2) is 0 Å². The fourth-order valence-corrected chi connectivity index (χ4v) is 1.28. The van der Waals surface area contributed by atoms with Gasteiger partial charge in [0.25, 0.3) is 0 Å². The summed E-state index contributed by atoms with van der Waals surface area (Å²) >= 11 is 0. The van der Waals surface area contributed by atoms with E-state index in [0.29, 0.717) is 25.3 Å². The molecular formula is C12H17NO3. The fraction of sp³-hybridized carbons (Fsp3) is 0.417. The number of esters is 1. The number of hydrogen-bond acceptors (Lipinski definition) is 4. The summed E-state index contributed by atoms with van der Waals surface area (Å²) in [4.78, 5) is 11.3. The van der Waals surface area contributed by atoms with Gasteiger partial charge in [-0.1, -0.05) is 12.1 Å². The highest BCUT2D eigenvalue weighted by molar-refractivity contribution is 5.89. The molecule has 0 bridgehead atoms. The molecule has 4 nitrogen and oxygen atoms in total. The van der Waals surface area contributed by atoms with E-state index in [1.807, 2.05) is 12.1 Å². The van der Waals surface area contributed by atoms with Crippen molar-refractivity contribution in [1.29, 1.82) is 0 Å². The van der Waals surface area contributed by atoms with E-state index < -0.39 is 0 Å². The highest BCUT2D eigenvalue weighted by Crippen LogP contribution is 2.05. The van der Waals surface area contributed by atoms with E-state index in [0.717, 1.165) is 5.56 Å². The Balaban J connectivity index is 2.50. The highest BCUT2D eigenvalue weighted by Gasteiger charge is 2.04. The van der Waals surface area contributed by atoms with Gasteiger partial charge in [-0.2, -0.15) is 0 Å². The molecule has 0 saturated carbocycles. The SMILES string of the molecule is CCOC(=O)c1ccc(CNCCO)cc1. The molecule has 0 spiro atoms. The molecule has 0 atom stereocenters. The van der Waals surface area contributed by atoms with Crippen LogP contribution < -0.4 is 5.32 Å². The summed E-state index contributed by atoms with van der Waals surface area (Å²) in [5.41, 5.74) is 1.63. The third-order valence-electron chi connectivity index (χ3n) is 2.08.